The molecule has 19 heteroatoms. The van der Waals surface area contributed by atoms with E-state index in [0.717, 1.165) is 81.9 Å². The molecule has 2 N–H and O–H groups in total. The lowest BCUT2D eigenvalue weighted by atomic mass is 9.84. The number of benzene rings is 4. The number of hydrogen-bond donors (Lipinski definition) is 2. The average Bonchev–Trinajstić information content (AvgIpc) is 3.58. The summed E-state index contributed by atoms with van der Waals surface area (Å²) in [6.07, 6.45) is -10.4. The number of aromatic hydroxyl groups is 1. The van der Waals surface area contributed by atoms with Gasteiger partial charge in [0.1, 0.15) is 11.5 Å². The van der Waals surface area contributed by atoms with E-state index in [4.69, 9.17) is 4.74 Å². The highest BCUT2D eigenvalue weighted by Gasteiger charge is 2.37. The van der Waals surface area contributed by atoms with E-state index in [1.807, 2.05) is 0 Å². The first-order valence-electron chi connectivity index (χ1n) is 18.1. The Morgan fingerprint density at radius 3 is 1.66 bits per heavy atom. The van der Waals surface area contributed by atoms with E-state index in [2.05, 4.69) is 9.47 Å². The van der Waals surface area contributed by atoms with Crippen LogP contribution in [-0.2, 0) is 16.0 Å². The van der Waals surface area contributed by atoms with Gasteiger partial charge in [0, 0.05) is 45.4 Å². The Labute approximate surface area is 339 Å². The number of nitrogens with zero attached hydrogens (tertiary/aromatic N) is 2. The topological polar surface area (TPSA) is 146 Å². The molecule has 0 saturated carbocycles. The van der Waals surface area contributed by atoms with Crippen LogP contribution in [0.5, 0.6) is 23.0 Å². The summed E-state index contributed by atoms with van der Waals surface area (Å²) in [5.41, 5.74) is -0.516. The van der Waals surface area contributed by atoms with Crippen LogP contribution >= 0.6 is 0 Å². The molecule has 11 nitrogen and oxygen atoms in total. The zero-order chi connectivity index (χ0) is 44.9. The van der Waals surface area contributed by atoms with Crippen LogP contribution in [0.25, 0.3) is 21.8 Å². The molecule has 6 aromatic rings. The van der Waals surface area contributed by atoms with Crippen LogP contribution in [-0.4, -0.2) is 55.8 Å². The maximum atomic E-state index is 16.1. The molecule has 320 valence electrons. The number of fused-ring (bicyclic) bond motifs is 2. The van der Waals surface area contributed by atoms with Gasteiger partial charge < -0.3 is 24.4 Å². The molecule has 6 rings (SSSR count). The number of halogens is 8. The Bertz CT molecular complexity index is 2720. The minimum atomic E-state index is -5.01. The van der Waals surface area contributed by atoms with Crippen molar-refractivity contribution in [3.8, 4) is 23.0 Å². The fourth-order valence-corrected chi connectivity index (χ4v) is 7.20. The molecular weight excluding hydrogens is 828 g/mol. The molecule has 0 radical (unpaired) electrons. The van der Waals surface area contributed by atoms with Crippen LogP contribution in [0.2, 0.25) is 0 Å². The number of hydrogen-bond acceptors (Lipinski definition) is 8. The van der Waals surface area contributed by atoms with Gasteiger partial charge in [0.05, 0.1) is 23.4 Å². The number of aromatic nitrogens is 2. The second-order valence-electron chi connectivity index (χ2n) is 14.0. The zero-order valence-corrected chi connectivity index (χ0v) is 32.2. The van der Waals surface area contributed by atoms with Gasteiger partial charge in [0.15, 0.2) is 23.1 Å². The van der Waals surface area contributed by atoms with E-state index in [-0.39, 0.29) is 61.9 Å². The third kappa shape index (κ3) is 8.85. The largest absolute Gasteiger partial charge is 0.573 e. The van der Waals surface area contributed by atoms with Crippen LogP contribution in [0, 0.1) is 31.4 Å². The lowest BCUT2D eigenvalue weighted by Crippen LogP contribution is -2.26. The molecule has 2 unspecified atom stereocenters. The zero-order valence-electron chi connectivity index (χ0n) is 32.2. The van der Waals surface area contributed by atoms with E-state index >= 15 is 4.39 Å². The van der Waals surface area contributed by atoms with Gasteiger partial charge in [-0.3, -0.25) is 28.3 Å². The number of rotatable bonds is 11. The number of carboxylic acid groups (broad SMARTS) is 1. The monoisotopic (exact) mass is 860 g/mol. The summed E-state index contributed by atoms with van der Waals surface area (Å²) in [6.45, 7) is 6.09. The molecule has 0 amide bonds. The fraction of sp³-hybridized carbons (Fsp3) is 0.238. The number of carbonyl (C=O) groups is 4. The Balaban J connectivity index is 1.43. The van der Waals surface area contributed by atoms with Crippen molar-refractivity contribution in [2.75, 3.05) is 0 Å². The number of phenols is 1. The normalized spacial score (nSPS) is 13.0. The first kappa shape index (κ1) is 43.7. The molecule has 4 aromatic carbocycles. The van der Waals surface area contributed by atoms with E-state index in [1.54, 1.807) is 13.8 Å². The molecule has 61 heavy (non-hydrogen) atoms. The molecule has 0 aliphatic heterocycles. The molecule has 0 spiro atoms. The second-order valence-corrected chi connectivity index (χ2v) is 14.0. The molecule has 2 aromatic heterocycles. The van der Waals surface area contributed by atoms with Gasteiger partial charge in [-0.1, -0.05) is 20.3 Å². The van der Waals surface area contributed by atoms with Gasteiger partial charge in [-0.2, -0.15) is 0 Å². The van der Waals surface area contributed by atoms with Crippen molar-refractivity contribution >= 4 is 45.6 Å². The summed E-state index contributed by atoms with van der Waals surface area (Å²) in [4.78, 5) is 54.0. The minimum absolute atomic E-state index is 0.00732. The van der Waals surface area contributed by atoms with Crippen molar-refractivity contribution in [1.82, 2.24) is 9.13 Å². The first-order valence-corrected chi connectivity index (χ1v) is 18.1. The lowest BCUT2D eigenvalue weighted by Gasteiger charge is -2.23. The van der Waals surface area contributed by atoms with E-state index in [1.165, 1.54) is 13.8 Å². The van der Waals surface area contributed by atoms with Crippen LogP contribution in [0.4, 0.5) is 35.1 Å². The third-order valence-electron chi connectivity index (χ3n) is 10.1. The molecule has 0 bridgehead atoms. The number of phenolic OH excluding ortho intramolecular Hbond substituents is 1. The van der Waals surface area contributed by atoms with E-state index < -0.39 is 89.4 Å². The van der Waals surface area contributed by atoms with Crippen LogP contribution in [0.3, 0.4) is 0 Å². The smallest absolute Gasteiger partial charge is 0.505 e. The molecule has 0 fully saturated rings. The lowest BCUT2D eigenvalue weighted by molar-refractivity contribution is -0.275. The van der Waals surface area contributed by atoms with Crippen molar-refractivity contribution in [2.24, 2.45) is 5.92 Å². The first-order chi connectivity index (χ1) is 28.5. The molecule has 0 aliphatic carbocycles. The summed E-state index contributed by atoms with van der Waals surface area (Å²) in [5, 5.41) is 20.1. The van der Waals surface area contributed by atoms with Gasteiger partial charge in [0.25, 0.3) is 11.8 Å². The molecular formula is C42H32F8N2O9. The standard InChI is InChI=1S/C42H32F8N2O9/c1-5-19(2)36(37-21(4)52(32-17-29(43)33(53)14-28(32)37)39(57)23-8-12-25(13-9-23)61-42(48,49)50)40(58)59-34-15-27-26(16-35(54)55)20(3)51(31(27)18-30(34)44)38(56)22-6-10-24(11-7-22)60-41(45,46)47/h6-15,17-19,36,53H,5,16H2,1-4H3,(H,54,55). The Morgan fingerprint density at radius 1 is 0.705 bits per heavy atom. The number of carbonyl (C=O) groups excluding carboxylic acids is 3. The molecule has 0 saturated heterocycles. The summed E-state index contributed by atoms with van der Waals surface area (Å²) >= 11 is 0. The van der Waals surface area contributed by atoms with Crippen molar-refractivity contribution in [3.05, 3.63) is 118 Å². The van der Waals surface area contributed by atoms with Gasteiger partial charge in [0.2, 0.25) is 0 Å². The average molecular weight is 861 g/mol. The number of ether oxygens (including phenoxy) is 3. The second kappa shape index (κ2) is 16.3. The highest BCUT2D eigenvalue weighted by atomic mass is 19.4. The summed E-state index contributed by atoms with van der Waals surface area (Å²) in [6, 6.07) is 11.3. The Hall–Kier alpha value is -6.92. The number of alkyl halides is 6. The molecule has 2 heterocycles. The number of carboxylic acids is 1. The summed E-state index contributed by atoms with van der Waals surface area (Å²) < 4.78 is 123. The quantitative estimate of drug-likeness (QED) is 0.0739. The van der Waals surface area contributed by atoms with E-state index in [0.29, 0.717) is 0 Å². The Morgan fingerprint density at radius 2 is 1.18 bits per heavy atom. The molecule has 0 aliphatic rings. The van der Waals surface area contributed by atoms with Gasteiger partial charge >= 0.3 is 24.7 Å². The fourth-order valence-electron chi connectivity index (χ4n) is 7.20. The SMILES string of the molecule is CCC(C)C(C(=O)Oc1cc2c(CC(=O)O)c(C)n(C(=O)c3ccc(OC(F)(F)F)cc3)c2cc1F)c1c(C)n(C(=O)c2ccc(OC(F)(F)F)cc2)c2cc(F)c(O)cc12. The van der Waals surface area contributed by atoms with E-state index in [9.17, 15) is 60.1 Å². The maximum absolute atomic E-state index is 16.1. The van der Waals surface area contributed by atoms with Crippen molar-refractivity contribution in [1.29, 1.82) is 0 Å². The highest BCUT2D eigenvalue weighted by molar-refractivity contribution is 6.07. The summed E-state index contributed by atoms with van der Waals surface area (Å²) in [7, 11) is 0. The third-order valence-corrected chi connectivity index (χ3v) is 10.1. The van der Waals surface area contributed by atoms with Crippen LogP contribution in [0.1, 0.15) is 69.4 Å². The van der Waals surface area contributed by atoms with Crippen LogP contribution in [0.15, 0.2) is 72.8 Å². The highest BCUT2D eigenvalue weighted by Crippen LogP contribution is 2.42. The van der Waals surface area contributed by atoms with Gasteiger partial charge in [-0.25, -0.2) is 8.78 Å². The molecule has 2 atom stereocenters. The predicted octanol–water partition coefficient (Wildman–Crippen LogP) is 9.73. The van der Waals surface area contributed by atoms with Crippen molar-refractivity contribution < 1.29 is 78.7 Å². The number of esters is 1. The van der Waals surface area contributed by atoms with Gasteiger partial charge in [-0.15, -0.1) is 26.3 Å². The Kier molecular flexibility index (Phi) is 11.6. The maximum Gasteiger partial charge on any atom is 0.573 e. The summed E-state index contributed by atoms with van der Waals surface area (Å²) in [5.74, 6) is -11.4. The van der Waals surface area contributed by atoms with Crippen LogP contribution < -0.4 is 14.2 Å². The van der Waals surface area contributed by atoms with Crippen molar-refractivity contribution in [2.45, 2.75) is 59.2 Å². The predicted molar refractivity (Wildman–Crippen MR) is 200 cm³/mol. The minimum Gasteiger partial charge on any atom is -0.505 e. The van der Waals surface area contributed by atoms with Crippen molar-refractivity contribution in [3.63, 3.8) is 0 Å². The number of aliphatic carboxylic acids is 1. The van der Waals surface area contributed by atoms with Gasteiger partial charge in [-0.05, 0) is 91.6 Å².